The number of likely N-dealkylation sites (N-methyl/N-ethyl adjacent to an activating group) is 1. The molecule has 0 saturated heterocycles. The number of anilines is 1. The number of thiazole rings is 1. The third kappa shape index (κ3) is 3.14. The molecule has 4 nitrogen and oxygen atoms in total. The Morgan fingerprint density at radius 2 is 2.33 bits per heavy atom. The molecule has 0 aliphatic carbocycles. The van der Waals surface area contributed by atoms with Crippen LogP contribution in [0.25, 0.3) is 0 Å². The Bertz CT molecular complexity index is 665. The molecule has 2 heterocycles. The zero-order valence-electron chi connectivity index (χ0n) is 12.3. The molecule has 1 aromatic heterocycles. The Hall–Kier alpha value is -1.72. The molecule has 0 bridgehead atoms. The van der Waals surface area contributed by atoms with E-state index in [1.165, 1.54) is 4.88 Å². The first-order valence-electron chi connectivity index (χ1n) is 7.24. The van der Waals surface area contributed by atoms with Crippen LogP contribution in [0, 0.1) is 6.92 Å². The number of aryl methyl sites for hydroxylation is 1. The largest absolute Gasteiger partial charge is 0.298 e. The van der Waals surface area contributed by atoms with Crippen molar-refractivity contribution in [3.8, 4) is 0 Å². The molecule has 1 N–H and O–H groups in total. The summed E-state index contributed by atoms with van der Waals surface area (Å²) < 4.78 is 0. The average molecular weight is 301 g/mol. The van der Waals surface area contributed by atoms with Gasteiger partial charge in [0.05, 0.1) is 5.69 Å². The second-order valence-corrected chi connectivity index (χ2v) is 6.41. The number of carbonyl (C=O) groups is 1. The summed E-state index contributed by atoms with van der Waals surface area (Å²) >= 11 is 1.60. The summed E-state index contributed by atoms with van der Waals surface area (Å²) in [5.74, 6) is -0.0860. The normalized spacial score (nSPS) is 14.8. The quantitative estimate of drug-likeness (QED) is 0.947. The van der Waals surface area contributed by atoms with E-state index in [1.54, 1.807) is 11.3 Å². The van der Waals surface area contributed by atoms with Crippen LogP contribution in [0.5, 0.6) is 0 Å². The molecule has 110 valence electrons. The van der Waals surface area contributed by atoms with E-state index in [2.05, 4.69) is 22.1 Å². The number of carbonyl (C=O) groups excluding carboxylic acids is 1. The Morgan fingerprint density at radius 3 is 3.10 bits per heavy atom. The molecule has 21 heavy (non-hydrogen) atoms. The van der Waals surface area contributed by atoms with Crippen molar-refractivity contribution in [1.29, 1.82) is 0 Å². The number of fused-ring (bicyclic) bond motifs is 1. The summed E-state index contributed by atoms with van der Waals surface area (Å²) in [6.45, 7) is 7.22. The summed E-state index contributed by atoms with van der Waals surface area (Å²) in [5.41, 5.74) is 2.90. The van der Waals surface area contributed by atoms with Crippen LogP contribution in [0.2, 0.25) is 0 Å². The fraction of sp³-hybridized carbons (Fsp3) is 0.375. The van der Waals surface area contributed by atoms with Crippen molar-refractivity contribution in [1.82, 2.24) is 9.88 Å². The third-order valence-electron chi connectivity index (χ3n) is 3.76. The maximum Gasteiger partial charge on any atom is 0.257 e. The first-order chi connectivity index (χ1) is 10.2. The van der Waals surface area contributed by atoms with Crippen LogP contribution >= 0.6 is 11.3 Å². The zero-order chi connectivity index (χ0) is 14.8. The number of hydrogen-bond acceptors (Lipinski definition) is 4. The van der Waals surface area contributed by atoms with Gasteiger partial charge in [-0.15, -0.1) is 11.3 Å². The zero-order valence-corrected chi connectivity index (χ0v) is 13.2. The monoisotopic (exact) mass is 301 g/mol. The van der Waals surface area contributed by atoms with Crippen molar-refractivity contribution >= 4 is 22.4 Å². The van der Waals surface area contributed by atoms with Crippen molar-refractivity contribution < 1.29 is 4.79 Å². The highest BCUT2D eigenvalue weighted by Gasteiger charge is 2.20. The minimum Gasteiger partial charge on any atom is -0.298 e. The van der Waals surface area contributed by atoms with Crippen molar-refractivity contribution in [2.75, 3.05) is 18.4 Å². The maximum atomic E-state index is 12.2. The Kier molecular flexibility index (Phi) is 4.03. The highest BCUT2D eigenvalue weighted by Crippen LogP contribution is 2.28. The van der Waals surface area contributed by atoms with E-state index in [4.69, 9.17) is 0 Å². The third-order valence-corrected chi connectivity index (χ3v) is 4.76. The molecule has 1 aliphatic rings. The van der Waals surface area contributed by atoms with Crippen LogP contribution < -0.4 is 5.32 Å². The lowest BCUT2D eigenvalue weighted by Gasteiger charge is -2.23. The minimum atomic E-state index is -0.0860. The summed E-state index contributed by atoms with van der Waals surface area (Å²) in [6.07, 6.45) is 0.972. The number of amides is 1. The average Bonchev–Trinajstić information content (AvgIpc) is 2.88. The molecule has 0 fully saturated rings. The molecule has 3 rings (SSSR count). The van der Waals surface area contributed by atoms with Crippen LogP contribution in [0.15, 0.2) is 24.3 Å². The highest BCUT2D eigenvalue weighted by atomic mass is 32.1. The molecule has 0 spiro atoms. The molecule has 1 aliphatic heterocycles. The van der Waals surface area contributed by atoms with Crippen LogP contribution in [-0.4, -0.2) is 28.9 Å². The molecule has 2 aromatic rings. The summed E-state index contributed by atoms with van der Waals surface area (Å²) in [4.78, 5) is 20.5. The maximum absolute atomic E-state index is 12.2. The van der Waals surface area contributed by atoms with E-state index in [1.807, 2.05) is 31.2 Å². The topological polar surface area (TPSA) is 45.2 Å². The summed E-state index contributed by atoms with van der Waals surface area (Å²) in [6, 6.07) is 7.60. The number of benzene rings is 1. The Labute approximate surface area is 128 Å². The molecule has 0 atom stereocenters. The number of hydrogen-bond donors (Lipinski definition) is 1. The van der Waals surface area contributed by atoms with Gasteiger partial charge in [-0.1, -0.05) is 24.6 Å². The van der Waals surface area contributed by atoms with Gasteiger partial charge in [-0.05, 0) is 25.6 Å². The van der Waals surface area contributed by atoms with Gasteiger partial charge in [0.25, 0.3) is 5.91 Å². The summed E-state index contributed by atoms with van der Waals surface area (Å²) in [5, 5.41) is 3.64. The van der Waals surface area contributed by atoms with Crippen LogP contribution in [-0.2, 0) is 13.0 Å². The lowest BCUT2D eigenvalue weighted by atomic mass is 10.1. The fourth-order valence-electron chi connectivity index (χ4n) is 2.53. The van der Waals surface area contributed by atoms with E-state index in [0.29, 0.717) is 10.7 Å². The van der Waals surface area contributed by atoms with E-state index in [9.17, 15) is 4.79 Å². The first kappa shape index (κ1) is 14.2. The van der Waals surface area contributed by atoms with E-state index >= 15 is 0 Å². The molecule has 1 amide bonds. The van der Waals surface area contributed by atoms with E-state index in [0.717, 1.165) is 37.3 Å². The lowest BCUT2D eigenvalue weighted by molar-refractivity contribution is 0.102. The predicted octanol–water partition coefficient (Wildman–Crippen LogP) is 3.08. The van der Waals surface area contributed by atoms with Crippen molar-refractivity contribution in [2.45, 2.75) is 26.8 Å². The number of aromatic nitrogens is 1. The molecule has 0 unspecified atom stereocenters. The van der Waals surface area contributed by atoms with Crippen molar-refractivity contribution in [3.05, 3.63) is 46.0 Å². The molecular formula is C16H19N3OS. The summed E-state index contributed by atoms with van der Waals surface area (Å²) in [7, 11) is 0. The van der Waals surface area contributed by atoms with Crippen LogP contribution in [0.1, 0.15) is 33.4 Å². The second kappa shape index (κ2) is 5.95. The Morgan fingerprint density at radius 1 is 1.48 bits per heavy atom. The number of rotatable bonds is 3. The van der Waals surface area contributed by atoms with Gasteiger partial charge in [-0.2, -0.15) is 0 Å². The fourth-order valence-corrected chi connectivity index (χ4v) is 3.57. The first-order valence-corrected chi connectivity index (χ1v) is 8.06. The molecule has 5 heteroatoms. The van der Waals surface area contributed by atoms with Gasteiger partial charge in [-0.3, -0.25) is 15.0 Å². The van der Waals surface area contributed by atoms with Gasteiger partial charge in [0.1, 0.15) is 0 Å². The Balaban J connectivity index is 1.74. The smallest absolute Gasteiger partial charge is 0.257 e. The van der Waals surface area contributed by atoms with Crippen molar-refractivity contribution in [2.24, 2.45) is 0 Å². The SMILES string of the molecule is CCN1CCc2nc(NC(=O)c3cccc(C)c3)sc2C1. The number of nitrogens with one attached hydrogen (secondary N) is 1. The standard InChI is InChI=1S/C16H19N3OS/c1-3-19-8-7-13-14(10-19)21-16(17-13)18-15(20)12-6-4-5-11(2)9-12/h4-6,9H,3,7-8,10H2,1-2H3,(H,17,18,20). The van der Waals surface area contributed by atoms with Gasteiger partial charge in [0.15, 0.2) is 5.13 Å². The number of nitrogens with zero attached hydrogens (tertiary/aromatic N) is 2. The van der Waals surface area contributed by atoms with Crippen molar-refractivity contribution in [3.63, 3.8) is 0 Å². The predicted molar refractivity (Wildman–Crippen MR) is 85.9 cm³/mol. The van der Waals surface area contributed by atoms with E-state index < -0.39 is 0 Å². The van der Waals surface area contributed by atoms with Crippen LogP contribution in [0.3, 0.4) is 0 Å². The van der Waals surface area contributed by atoms with Crippen LogP contribution in [0.4, 0.5) is 5.13 Å². The van der Waals surface area contributed by atoms with E-state index in [-0.39, 0.29) is 5.91 Å². The lowest BCUT2D eigenvalue weighted by Crippen LogP contribution is -2.29. The van der Waals surface area contributed by atoms with Gasteiger partial charge >= 0.3 is 0 Å². The highest BCUT2D eigenvalue weighted by molar-refractivity contribution is 7.15. The molecule has 1 aromatic carbocycles. The second-order valence-electron chi connectivity index (χ2n) is 5.33. The molecule has 0 saturated carbocycles. The van der Waals surface area contributed by atoms with Gasteiger partial charge < -0.3 is 0 Å². The van der Waals surface area contributed by atoms with Gasteiger partial charge in [0, 0.05) is 30.0 Å². The molecule has 0 radical (unpaired) electrons. The molecular weight excluding hydrogens is 282 g/mol. The van der Waals surface area contributed by atoms with Gasteiger partial charge in [0.2, 0.25) is 0 Å². The van der Waals surface area contributed by atoms with Gasteiger partial charge in [-0.25, -0.2) is 4.98 Å². The minimum absolute atomic E-state index is 0.0860.